The number of carbonyl (C=O) groups excluding carboxylic acids is 1. The van der Waals surface area contributed by atoms with Gasteiger partial charge in [0.05, 0.1) is 5.92 Å². The van der Waals surface area contributed by atoms with Crippen molar-refractivity contribution in [1.29, 1.82) is 0 Å². The topological polar surface area (TPSA) is 58.1 Å². The highest BCUT2D eigenvalue weighted by molar-refractivity contribution is 5.79. The van der Waals surface area contributed by atoms with E-state index in [4.69, 9.17) is 9.97 Å². The number of unbranched alkanes of at least 4 members (excludes halogenated alkanes) is 1. The minimum absolute atomic E-state index is 0.0535. The molecule has 0 radical (unpaired) electrons. The van der Waals surface area contributed by atoms with Gasteiger partial charge in [0, 0.05) is 36.5 Å². The molecule has 5 nitrogen and oxygen atoms in total. The first-order valence-corrected chi connectivity index (χ1v) is 10.7. The van der Waals surface area contributed by atoms with E-state index in [1.165, 1.54) is 11.3 Å². The van der Waals surface area contributed by atoms with E-state index in [9.17, 15) is 4.79 Å². The number of fused-ring (bicyclic) bond motifs is 1. The van der Waals surface area contributed by atoms with E-state index in [2.05, 4.69) is 29.3 Å². The number of piperidine rings is 1. The number of nitrogens with one attached hydrogen (secondary N) is 1. The quantitative estimate of drug-likeness (QED) is 0.778. The second-order valence-electron chi connectivity index (χ2n) is 7.95. The molecule has 1 aromatic carbocycles. The van der Waals surface area contributed by atoms with Crippen molar-refractivity contribution in [2.75, 3.05) is 24.5 Å². The van der Waals surface area contributed by atoms with Crippen molar-refractivity contribution < 1.29 is 4.79 Å². The first-order chi connectivity index (χ1) is 13.8. The normalized spacial score (nSPS) is 18.8. The van der Waals surface area contributed by atoms with Gasteiger partial charge in [-0.3, -0.25) is 4.79 Å². The Morgan fingerprint density at radius 3 is 2.86 bits per heavy atom. The molecular formula is C23H30N4O. The molecule has 1 aliphatic heterocycles. The number of benzene rings is 1. The molecule has 1 atom stereocenters. The lowest BCUT2D eigenvalue weighted by molar-refractivity contribution is -0.125. The van der Waals surface area contributed by atoms with E-state index in [-0.39, 0.29) is 11.8 Å². The second-order valence-corrected chi connectivity index (χ2v) is 7.95. The minimum Gasteiger partial charge on any atom is -0.356 e. The number of carbonyl (C=O) groups is 1. The van der Waals surface area contributed by atoms with Crippen LogP contribution in [0, 0.1) is 5.92 Å². The van der Waals surface area contributed by atoms with Crippen molar-refractivity contribution in [2.24, 2.45) is 5.92 Å². The second kappa shape index (κ2) is 8.72. The Morgan fingerprint density at radius 1 is 1.18 bits per heavy atom. The smallest absolute Gasteiger partial charge is 0.224 e. The summed E-state index contributed by atoms with van der Waals surface area (Å²) in [7, 11) is 0. The molecule has 1 unspecified atom stereocenters. The zero-order chi connectivity index (χ0) is 19.3. The summed E-state index contributed by atoms with van der Waals surface area (Å²) in [6.07, 6.45) is 7.36. The Bertz CT molecular complexity index is 821. The minimum atomic E-state index is 0.0535. The van der Waals surface area contributed by atoms with E-state index in [1.807, 2.05) is 18.2 Å². The maximum atomic E-state index is 12.6. The number of amides is 1. The molecule has 1 saturated heterocycles. The predicted octanol–water partition coefficient (Wildman–Crippen LogP) is 3.77. The summed E-state index contributed by atoms with van der Waals surface area (Å²) in [5.74, 6) is 2.13. The largest absolute Gasteiger partial charge is 0.356 e. The number of aryl methyl sites for hydroxylation is 1. The van der Waals surface area contributed by atoms with Crippen LogP contribution in [-0.4, -0.2) is 35.5 Å². The lowest BCUT2D eigenvalue weighted by Crippen LogP contribution is -2.44. The monoisotopic (exact) mass is 378 g/mol. The summed E-state index contributed by atoms with van der Waals surface area (Å²) in [6.45, 7) is 4.66. The van der Waals surface area contributed by atoms with Crippen molar-refractivity contribution in [2.45, 2.75) is 51.9 Å². The molecule has 1 aromatic heterocycles. The van der Waals surface area contributed by atoms with Crippen LogP contribution in [0.4, 0.5) is 5.82 Å². The van der Waals surface area contributed by atoms with Gasteiger partial charge in [0.25, 0.3) is 0 Å². The molecule has 1 aliphatic carbocycles. The van der Waals surface area contributed by atoms with Gasteiger partial charge in [0.15, 0.2) is 5.82 Å². The fourth-order valence-electron chi connectivity index (χ4n) is 4.31. The first-order valence-electron chi connectivity index (χ1n) is 10.7. The highest BCUT2D eigenvalue weighted by atomic mass is 16.1. The summed E-state index contributed by atoms with van der Waals surface area (Å²) in [5.41, 5.74) is 3.55. The number of aromatic nitrogens is 2. The third-order valence-electron chi connectivity index (χ3n) is 5.86. The Hall–Kier alpha value is -2.43. The van der Waals surface area contributed by atoms with Crippen molar-refractivity contribution in [1.82, 2.24) is 15.3 Å². The summed E-state index contributed by atoms with van der Waals surface area (Å²) in [6, 6.07) is 10.2. The van der Waals surface area contributed by atoms with Gasteiger partial charge in [-0.1, -0.05) is 43.7 Å². The molecule has 4 rings (SSSR count). The summed E-state index contributed by atoms with van der Waals surface area (Å²) in [5, 5.41) is 3.12. The zero-order valence-corrected chi connectivity index (χ0v) is 16.8. The van der Waals surface area contributed by atoms with Crippen LogP contribution < -0.4 is 10.2 Å². The van der Waals surface area contributed by atoms with Crippen LogP contribution in [0.15, 0.2) is 30.3 Å². The number of nitrogens with zero attached hydrogens (tertiary/aromatic N) is 3. The summed E-state index contributed by atoms with van der Waals surface area (Å²) >= 11 is 0. The van der Waals surface area contributed by atoms with Gasteiger partial charge in [-0.2, -0.15) is 0 Å². The van der Waals surface area contributed by atoms with Crippen LogP contribution >= 0.6 is 0 Å². The van der Waals surface area contributed by atoms with Crippen LogP contribution in [0.1, 0.15) is 50.3 Å². The summed E-state index contributed by atoms with van der Waals surface area (Å²) in [4.78, 5) is 24.8. The maximum absolute atomic E-state index is 12.6. The van der Waals surface area contributed by atoms with Crippen LogP contribution in [0.3, 0.4) is 0 Å². The van der Waals surface area contributed by atoms with Gasteiger partial charge in [-0.25, -0.2) is 9.97 Å². The van der Waals surface area contributed by atoms with Gasteiger partial charge in [-0.15, -0.1) is 0 Å². The molecule has 2 aromatic rings. The Balaban J connectivity index is 1.58. The van der Waals surface area contributed by atoms with Gasteiger partial charge in [0.2, 0.25) is 5.91 Å². The molecule has 148 valence electrons. The number of rotatable bonds is 6. The van der Waals surface area contributed by atoms with Crippen molar-refractivity contribution in [3.05, 3.63) is 41.6 Å². The van der Waals surface area contributed by atoms with Gasteiger partial charge >= 0.3 is 0 Å². The highest BCUT2D eigenvalue weighted by Crippen LogP contribution is 2.33. The molecule has 2 heterocycles. The number of hydrogen-bond acceptors (Lipinski definition) is 4. The van der Waals surface area contributed by atoms with Crippen molar-refractivity contribution >= 4 is 11.7 Å². The van der Waals surface area contributed by atoms with Gasteiger partial charge in [0.1, 0.15) is 5.82 Å². The fraction of sp³-hybridized carbons (Fsp3) is 0.522. The van der Waals surface area contributed by atoms with Crippen LogP contribution in [0.2, 0.25) is 0 Å². The van der Waals surface area contributed by atoms with Crippen LogP contribution in [0.5, 0.6) is 0 Å². The standard InChI is InChI=1S/C23H30N4O/c1-2-3-14-24-23(28)18-11-8-15-27(16-18)22-19-12-7-13-20(19)25-21(26-22)17-9-5-4-6-10-17/h4-6,9-10,18H,2-3,7-8,11-16H2,1H3,(H,24,28). The van der Waals surface area contributed by atoms with Crippen LogP contribution in [0.25, 0.3) is 11.4 Å². The molecule has 0 spiro atoms. The average Bonchev–Trinajstić information content (AvgIpc) is 3.22. The van der Waals surface area contributed by atoms with E-state index in [0.717, 1.165) is 81.8 Å². The Morgan fingerprint density at radius 2 is 2.04 bits per heavy atom. The SMILES string of the molecule is CCCCNC(=O)C1CCCN(c2nc(-c3ccccc3)nc3c2CCC3)C1. The van der Waals surface area contributed by atoms with E-state index in [0.29, 0.717) is 0 Å². The lowest BCUT2D eigenvalue weighted by atomic mass is 9.96. The van der Waals surface area contributed by atoms with Crippen molar-refractivity contribution in [3.8, 4) is 11.4 Å². The molecule has 1 fully saturated rings. The number of anilines is 1. The van der Waals surface area contributed by atoms with E-state index >= 15 is 0 Å². The molecule has 2 aliphatic rings. The fourth-order valence-corrected chi connectivity index (χ4v) is 4.31. The molecule has 0 bridgehead atoms. The molecule has 1 N–H and O–H groups in total. The third kappa shape index (κ3) is 4.03. The predicted molar refractivity (Wildman–Crippen MR) is 112 cm³/mol. The molecule has 1 amide bonds. The zero-order valence-electron chi connectivity index (χ0n) is 16.8. The molecule has 0 saturated carbocycles. The molecule has 5 heteroatoms. The van der Waals surface area contributed by atoms with Crippen molar-refractivity contribution in [3.63, 3.8) is 0 Å². The maximum Gasteiger partial charge on any atom is 0.224 e. The highest BCUT2D eigenvalue weighted by Gasteiger charge is 2.30. The van der Waals surface area contributed by atoms with E-state index < -0.39 is 0 Å². The average molecular weight is 379 g/mol. The van der Waals surface area contributed by atoms with Crippen LogP contribution in [-0.2, 0) is 17.6 Å². The van der Waals surface area contributed by atoms with Gasteiger partial charge in [-0.05, 0) is 38.5 Å². The van der Waals surface area contributed by atoms with E-state index in [1.54, 1.807) is 0 Å². The Kier molecular flexibility index (Phi) is 5.89. The number of hydrogen-bond donors (Lipinski definition) is 1. The summed E-state index contributed by atoms with van der Waals surface area (Å²) < 4.78 is 0. The first kappa shape index (κ1) is 18.9. The molecular weight excluding hydrogens is 348 g/mol. The third-order valence-corrected chi connectivity index (χ3v) is 5.86. The Labute approximate surface area is 167 Å². The lowest BCUT2D eigenvalue weighted by Gasteiger charge is -2.34. The van der Waals surface area contributed by atoms with Gasteiger partial charge < -0.3 is 10.2 Å². The molecule has 28 heavy (non-hydrogen) atoms.